The number of hydrogen-bond donors (Lipinski definition) is 0. The van der Waals surface area contributed by atoms with E-state index in [-0.39, 0.29) is 60.4 Å². The molecule has 1 atom stereocenters. The molecule has 0 aliphatic carbocycles. The highest BCUT2D eigenvalue weighted by Crippen LogP contribution is 2.39. The lowest BCUT2D eigenvalue weighted by molar-refractivity contribution is -0.126. The Bertz CT molecular complexity index is 1980. The maximum atomic E-state index is 16.2. The van der Waals surface area contributed by atoms with E-state index in [4.69, 9.17) is 4.74 Å². The number of ether oxygens (including phenoxy) is 1. The predicted octanol–water partition coefficient (Wildman–Crippen LogP) is 5.57. The summed E-state index contributed by atoms with van der Waals surface area (Å²) in [7, 11) is 0. The third-order valence-electron chi connectivity index (χ3n) is 8.49. The summed E-state index contributed by atoms with van der Waals surface area (Å²) in [4.78, 5) is 43.0. The maximum absolute atomic E-state index is 16.2. The molecule has 0 N–H and O–H groups in total. The monoisotopic (exact) mass is 654 g/mol. The first-order valence-corrected chi connectivity index (χ1v) is 15.1. The number of benzene rings is 1. The Kier molecular flexibility index (Phi) is 8.22. The highest BCUT2D eigenvalue weighted by atomic mass is 19.3. The average Bonchev–Trinajstić information content (AvgIpc) is 3.04. The molecule has 47 heavy (non-hydrogen) atoms. The van der Waals surface area contributed by atoms with Gasteiger partial charge in [0.2, 0.25) is 5.91 Å². The first-order chi connectivity index (χ1) is 22.3. The fourth-order valence-corrected chi connectivity index (χ4v) is 6.14. The number of aromatic nitrogens is 4. The first kappa shape index (κ1) is 32.1. The summed E-state index contributed by atoms with van der Waals surface area (Å²) < 4.78 is 83.1. The molecule has 0 saturated carbocycles. The van der Waals surface area contributed by atoms with Crippen LogP contribution in [0.5, 0.6) is 5.75 Å². The third-order valence-corrected chi connectivity index (χ3v) is 8.49. The van der Waals surface area contributed by atoms with Crippen molar-refractivity contribution in [2.45, 2.75) is 51.5 Å². The Morgan fingerprint density at radius 2 is 1.89 bits per heavy atom. The topological polar surface area (TPSA) is 93.5 Å². The zero-order valence-electron chi connectivity index (χ0n) is 25.9. The van der Waals surface area contributed by atoms with Crippen LogP contribution >= 0.6 is 0 Å². The second kappa shape index (κ2) is 12.0. The molecule has 246 valence electrons. The van der Waals surface area contributed by atoms with Crippen molar-refractivity contribution in [3.05, 3.63) is 82.3 Å². The average molecular weight is 655 g/mol. The van der Waals surface area contributed by atoms with Gasteiger partial charge >= 0.3 is 5.69 Å². The van der Waals surface area contributed by atoms with Gasteiger partial charge in [0.1, 0.15) is 17.3 Å². The smallest absolute Gasteiger partial charge is 0.355 e. The zero-order chi connectivity index (χ0) is 33.8. The van der Waals surface area contributed by atoms with Crippen LogP contribution < -0.4 is 15.3 Å². The standard InChI is InChI=1S/C33H31F5N6O3/c1-5-24(45)42-12-13-43(18(4)15-42)30-20-14-22(35)28-25-23(7-6-21(34)26(25)36)47-16-33(37,38)10-8-19-9-11-39-27(17(2)3)29(19)44(31(20)40-28)32(46)41-30/h5-7,9,11,14,17-18H,1,8,10,12-13,15-16H2,2-4H3/t18-/m0/s1. The minimum Gasteiger partial charge on any atom is -0.486 e. The number of aryl methyl sites for hydroxylation is 1. The van der Waals surface area contributed by atoms with Gasteiger partial charge < -0.3 is 14.5 Å². The fourth-order valence-electron chi connectivity index (χ4n) is 6.14. The van der Waals surface area contributed by atoms with Gasteiger partial charge in [-0.2, -0.15) is 4.98 Å². The van der Waals surface area contributed by atoms with E-state index in [1.807, 2.05) is 0 Å². The summed E-state index contributed by atoms with van der Waals surface area (Å²) in [6.07, 6.45) is 1.70. The van der Waals surface area contributed by atoms with Crippen LogP contribution in [0.15, 0.2) is 47.9 Å². The van der Waals surface area contributed by atoms with Gasteiger partial charge in [-0.05, 0) is 55.2 Å². The van der Waals surface area contributed by atoms with E-state index < -0.39 is 65.1 Å². The van der Waals surface area contributed by atoms with E-state index in [1.54, 1.807) is 30.6 Å². The number of piperazine rings is 1. The van der Waals surface area contributed by atoms with Crippen LogP contribution in [0, 0.1) is 17.5 Å². The SMILES string of the molecule is C=CC(=O)N1CCN(c2nc(=O)n3c4nc(c(F)cc24)-c2c(ccc(F)c2F)OCC(F)(F)CCc2ccnc(C(C)C)c2-3)[C@@H](C)C1. The lowest BCUT2D eigenvalue weighted by Crippen LogP contribution is -2.54. The van der Waals surface area contributed by atoms with Gasteiger partial charge in [-0.1, -0.05) is 20.4 Å². The lowest BCUT2D eigenvalue weighted by Gasteiger charge is -2.40. The molecular formula is C33H31F5N6O3. The number of anilines is 1. The molecule has 2 bridgehead atoms. The molecule has 2 aliphatic rings. The van der Waals surface area contributed by atoms with Gasteiger partial charge in [0, 0.05) is 38.3 Å². The van der Waals surface area contributed by atoms with E-state index in [9.17, 15) is 14.0 Å². The first-order valence-electron chi connectivity index (χ1n) is 15.1. The van der Waals surface area contributed by atoms with Crippen molar-refractivity contribution >= 4 is 22.8 Å². The van der Waals surface area contributed by atoms with Crippen LogP contribution in [0.25, 0.3) is 28.0 Å². The van der Waals surface area contributed by atoms with E-state index >= 15 is 17.6 Å². The quantitative estimate of drug-likeness (QED) is 0.211. The minimum atomic E-state index is -3.45. The molecule has 5 heterocycles. The van der Waals surface area contributed by atoms with E-state index in [0.717, 1.165) is 16.7 Å². The maximum Gasteiger partial charge on any atom is 0.355 e. The summed E-state index contributed by atoms with van der Waals surface area (Å²) in [5, 5.41) is 0.0465. The number of pyridine rings is 2. The molecule has 2 aliphatic heterocycles. The van der Waals surface area contributed by atoms with Gasteiger partial charge in [-0.15, -0.1) is 0 Å². The largest absolute Gasteiger partial charge is 0.486 e. The summed E-state index contributed by atoms with van der Waals surface area (Å²) >= 11 is 0. The molecule has 1 amide bonds. The van der Waals surface area contributed by atoms with Crippen LogP contribution in [-0.2, 0) is 11.2 Å². The number of alkyl halides is 2. The van der Waals surface area contributed by atoms with Crippen molar-refractivity contribution in [2.24, 2.45) is 0 Å². The highest BCUT2D eigenvalue weighted by Gasteiger charge is 2.35. The molecule has 0 spiro atoms. The molecule has 14 heteroatoms. The minimum absolute atomic E-state index is 0.0465. The summed E-state index contributed by atoms with van der Waals surface area (Å²) in [6, 6.07) is 3.75. The van der Waals surface area contributed by atoms with Gasteiger partial charge in [0.15, 0.2) is 29.7 Å². The Hall–Kier alpha value is -4.88. The van der Waals surface area contributed by atoms with Gasteiger partial charge in [-0.25, -0.2) is 36.3 Å². The molecule has 1 aromatic carbocycles. The third kappa shape index (κ3) is 5.69. The number of nitrogens with zero attached hydrogens (tertiary/aromatic N) is 6. The van der Waals surface area contributed by atoms with Crippen molar-refractivity contribution in [3.8, 4) is 22.7 Å². The number of rotatable bonds is 3. The molecule has 0 radical (unpaired) electrons. The van der Waals surface area contributed by atoms with E-state index in [0.29, 0.717) is 17.3 Å². The fraction of sp³-hybridized carbons (Fsp3) is 0.364. The van der Waals surface area contributed by atoms with E-state index in [2.05, 4.69) is 21.5 Å². The van der Waals surface area contributed by atoms with Gasteiger partial charge in [0.05, 0.1) is 22.3 Å². The number of halogens is 5. The number of fused-ring (bicyclic) bond motifs is 5. The Balaban J connectivity index is 1.71. The van der Waals surface area contributed by atoms with Crippen LogP contribution in [0.1, 0.15) is 44.4 Å². The Morgan fingerprint density at radius 3 is 2.60 bits per heavy atom. The highest BCUT2D eigenvalue weighted by molar-refractivity contribution is 5.91. The molecule has 0 unspecified atom stereocenters. The summed E-state index contributed by atoms with van der Waals surface area (Å²) in [6.45, 7) is 8.46. The molecule has 1 saturated heterocycles. The van der Waals surface area contributed by atoms with Crippen LogP contribution in [0.4, 0.5) is 27.8 Å². The van der Waals surface area contributed by atoms with Crippen molar-refractivity contribution < 1.29 is 31.5 Å². The number of carbonyl (C=O) groups is 1. The molecule has 1 fully saturated rings. The Morgan fingerprint density at radius 1 is 1.13 bits per heavy atom. The van der Waals surface area contributed by atoms with Crippen LogP contribution in [-0.4, -0.2) is 68.5 Å². The molecule has 9 nitrogen and oxygen atoms in total. The number of carbonyl (C=O) groups excluding carboxylic acids is 1. The van der Waals surface area contributed by atoms with Crippen LogP contribution in [0.3, 0.4) is 0 Å². The van der Waals surface area contributed by atoms with E-state index in [1.165, 1.54) is 18.3 Å². The Labute approximate surface area is 266 Å². The number of hydrogen-bond acceptors (Lipinski definition) is 7. The van der Waals surface area contributed by atoms with Crippen LogP contribution in [0.2, 0.25) is 0 Å². The summed E-state index contributed by atoms with van der Waals surface area (Å²) in [5.74, 6) is -8.60. The predicted molar refractivity (Wildman–Crippen MR) is 165 cm³/mol. The molecule has 6 rings (SSSR count). The summed E-state index contributed by atoms with van der Waals surface area (Å²) in [5.41, 5.74) is -1.76. The molecule has 3 aromatic heterocycles. The van der Waals surface area contributed by atoms with Crippen molar-refractivity contribution in [3.63, 3.8) is 0 Å². The van der Waals surface area contributed by atoms with Gasteiger partial charge in [0.25, 0.3) is 5.92 Å². The van der Waals surface area contributed by atoms with Crippen molar-refractivity contribution in [2.75, 3.05) is 31.1 Å². The number of amides is 1. The van der Waals surface area contributed by atoms with Gasteiger partial charge in [-0.3, -0.25) is 9.78 Å². The van der Waals surface area contributed by atoms with Crippen molar-refractivity contribution in [1.29, 1.82) is 0 Å². The zero-order valence-corrected chi connectivity index (χ0v) is 25.9. The van der Waals surface area contributed by atoms with Crippen molar-refractivity contribution in [1.82, 2.24) is 24.4 Å². The lowest BCUT2D eigenvalue weighted by atomic mass is 9.99. The molecular weight excluding hydrogens is 623 g/mol. The normalized spacial score (nSPS) is 17.8. The molecule has 4 aromatic rings. The second-order valence-electron chi connectivity index (χ2n) is 12.0. The second-order valence-corrected chi connectivity index (χ2v) is 12.0.